The summed E-state index contributed by atoms with van der Waals surface area (Å²) in [6.45, 7) is 3.21. The molecule has 10 heteroatoms. The minimum Gasteiger partial charge on any atom is -0.507 e. The van der Waals surface area contributed by atoms with Gasteiger partial charge in [-0.05, 0) is 61.0 Å². The lowest BCUT2D eigenvalue weighted by atomic mass is 9.95. The molecule has 0 spiro atoms. The Balaban J connectivity index is 1.51. The molecule has 0 aliphatic carbocycles. The molecule has 6 rings (SSSR count). The summed E-state index contributed by atoms with van der Waals surface area (Å²) in [6.07, 6.45) is 0. The van der Waals surface area contributed by atoms with Gasteiger partial charge in [-0.15, -0.1) is 0 Å². The van der Waals surface area contributed by atoms with Crippen molar-refractivity contribution < 1.29 is 28.9 Å². The Bertz CT molecular complexity index is 1610. The van der Waals surface area contributed by atoms with Crippen LogP contribution in [0.25, 0.3) is 16.0 Å². The fourth-order valence-electron chi connectivity index (χ4n) is 4.59. The van der Waals surface area contributed by atoms with Gasteiger partial charge < -0.3 is 19.3 Å². The van der Waals surface area contributed by atoms with Crippen molar-refractivity contribution in [2.45, 2.75) is 13.0 Å². The molecule has 1 saturated heterocycles. The second-order valence-corrected chi connectivity index (χ2v) is 10.1. The maximum atomic E-state index is 13.5. The van der Waals surface area contributed by atoms with Gasteiger partial charge in [-0.3, -0.25) is 14.5 Å². The Hall–Kier alpha value is -4.08. The van der Waals surface area contributed by atoms with E-state index in [1.54, 1.807) is 42.5 Å². The number of aromatic nitrogens is 1. The highest BCUT2D eigenvalue weighted by molar-refractivity contribution is 7.22. The summed E-state index contributed by atoms with van der Waals surface area (Å²) in [5.74, 6) is -0.232. The average molecular weight is 549 g/mol. The second-order valence-electron chi connectivity index (χ2n) is 8.64. The number of benzene rings is 3. The van der Waals surface area contributed by atoms with E-state index >= 15 is 0 Å². The van der Waals surface area contributed by atoms with E-state index in [0.717, 1.165) is 4.70 Å². The van der Waals surface area contributed by atoms with Crippen LogP contribution < -0.4 is 19.1 Å². The molecule has 3 heterocycles. The molecule has 192 valence electrons. The molecule has 0 radical (unpaired) electrons. The molecule has 0 saturated carbocycles. The first-order valence-electron chi connectivity index (χ1n) is 11.9. The number of ether oxygens (including phenoxy) is 3. The van der Waals surface area contributed by atoms with Crippen molar-refractivity contribution in [3.05, 3.63) is 82.4 Å². The molecule has 38 heavy (non-hydrogen) atoms. The van der Waals surface area contributed by atoms with Crippen LogP contribution >= 0.6 is 22.9 Å². The zero-order chi connectivity index (χ0) is 26.4. The highest BCUT2D eigenvalue weighted by Crippen LogP contribution is 2.45. The highest BCUT2D eigenvalue weighted by Gasteiger charge is 2.48. The summed E-state index contributed by atoms with van der Waals surface area (Å²) in [5.41, 5.74) is 1.54. The van der Waals surface area contributed by atoms with Crippen molar-refractivity contribution in [1.29, 1.82) is 0 Å². The van der Waals surface area contributed by atoms with Gasteiger partial charge in [0.1, 0.15) is 24.7 Å². The van der Waals surface area contributed by atoms with Crippen LogP contribution in [0.3, 0.4) is 0 Å². The molecule has 1 amide bonds. The molecule has 2 aliphatic rings. The van der Waals surface area contributed by atoms with Crippen LogP contribution in [0.2, 0.25) is 5.02 Å². The molecule has 3 aromatic carbocycles. The number of hydrogen-bond acceptors (Lipinski definition) is 8. The summed E-state index contributed by atoms with van der Waals surface area (Å²) >= 11 is 7.39. The van der Waals surface area contributed by atoms with Crippen LogP contribution in [0.15, 0.2) is 66.2 Å². The second kappa shape index (κ2) is 9.66. The standard InChI is InChI=1S/C28H21ClN2O6S/c1-2-35-18-8-9-19-22(14-18)38-28(30-19)31-24(15-3-6-17(29)7-4-15)23(26(33)27(31)34)25(32)16-5-10-20-21(13-16)37-12-11-36-20/h3-10,13-14,24,32H,2,11-12H2,1H3/b25-23-. The summed E-state index contributed by atoms with van der Waals surface area (Å²) in [6, 6.07) is 16.2. The number of nitrogens with zero attached hydrogens (tertiary/aromatic N) is 2. The van der Waals surface area contributed by atoms with E-state index in [4.69, 9.17) is 25.8 Å². The molecule has 0 bridgehead atoms. The van der Waals surface area contributed by atoms with Crippen molar-refractivity contribution in [2.24, 2.45) is 0 Å². The first kappa shape index (κ1) is 24.3. The quantitative estimate of drug-likeness (QED) is 0.193. The number of halogens is 1. The lowest BCUT2D eigenvalue weighted by Crippen LogP contribution is -2.29. The summed E-state index contributed by atoms with van der Waals surface area (Å²) in [4.78, 5) is 32.9. The third-order valence-electron chi connectivity index (χ3n) is 6.31. The third kappa shape index (κ3) is 4.13. The Kier molecular flexibility index (Phi) is 6.17. The minimum atomic E-state index is -0.924. The maximum absolute atomic E-state index is 13.5. The number of carbonyl (C=O) groups is 2. The van der Waals surface area contributed by atoms with Gasteiger partial charge in [-0.2, -0.15) is 0 Å². The van der Waals surface area contributed by atoms with Gasteiger partial charge in [0.15, 0.2) is 16.6 Å². The SMILES string of the molecule is CCOc1ccc2nc(N3C(=O)C(=O)/C(=C(\O)c4ccc5c(c4)OCCO5)C3c3ccc(Cl)cc3)sc2c1. The number of anilines is 1. The van der Waals surface area contributed by atoms with Crippen molar-refractivity contribution in [2.75, 3.05) is 24.7 Å². The number of Topliss-reactive ketones (excluding diaryl/α,β-unsaturated/α-hetero) is 1. The molecule has 1 N–H and O–H groups in total. The van der Waals surface area contributed by atoms with Crippen LogP contribution in [-0.2, 0) is 9.59 Å². The summed E-state index contributed by atoms with van der Waals surface area (Å²) in [7, 11) is 0. The van der Waals surface area contributed by atoms with Gasteiger partial charge in [-0.1, -0.05) is 35.1 Å². The molecule has 1 unspecified atom stereocenters. The number of carbonyl (C=O) groups excluding carboxylic acids is 2. The van der Waals surface area contributed by atoms with Crippen molar-refractivity contribution in [1.82, 2.24) is 4.98 Å². The van der Waals surface area contributed by atoms with Gasteiger partial charge in [0.25, 0.3) is 5.78 Å². The molecule has 1 fully saturated rings. The largest absolute Gasteiger partial charge is 0.507 e. The first-order chi connectivity index (χ1) is 18.4. The van der Waals surface area contributed by atoms with E-state index in [2.05, 4.69) is 4.98 Å². The molecule has 2 aliphatic heterocycles. The third-order valence-corrected chi connectivity index (χ3v) is 7.58. The number of amides is 1. The van der Waals surface area contributed by atoms with Crippen LogP contribution in [-0.4, -0.2) is 41.6 Å². The molecule has 1 atom stereocenters. The molecular formula is C28H21ClN2O6S. The Morgan fingerprint density at radius 3 is 2.61 bits per heavy atom. The van der Waals surface area contributed by atoms with Crippen molar-refractivity contribution in [3.8, 4) is 17.2 Å². The fraction of sp³-hybridized carbons (Fsp3) is 0.179. The monoisotopic (exact) mass is 548 g/mol. The Morgan fingerprint density at radius 2 is 1.84 bits per heavy atom. The number of aliphatic hydroxyl groups excluding tert-OH is 1. The maximum Gasteiger partial charge on any atom is 0.301 e. The number of aliphatic hydroxyl groups is 1. The van der Waals surface area contributed by atoms with E-state index < -0.39 is 17.7 Å². The molecule has 4 aromatic rings. The highest BCUT2D eigenvalue weighted by atomic mass is 35.5. The lowest BCUT2D eigenvalue weighted by molar-refractivity contribution is -0.132. The summed E-state index contributed by atoms with van der Waals surface area (Å²) < 4.78 is 17.6. The zero-order valence-corrected chi connectivity index (χ0v) is 21.7. The zero-order valence-electron chi connectivity index (χ0n) is 20.1. The van der Waals surface area contributed by atoms with Crippen LogP contribution in [0, 0.1) is 0 Å². The van der Waals surface area contributed by atoms with Gasteiger partial charge in [-0.25, -0.2) is 4.98 Å². The fourth-order valence-corrected chi connectivity index (χ4v) is 5.74. The Labute approximate surface area is 226 Å². The van der Waals surface area contributed by atoms with Gasteiger partial charge in [0.2, 0.25) is 0 Å². The topological polar surface area (TPSA) is 98.2 Å². The number of thiazole rings is 1. The van der Waals surface area contributed by atoms with E-state index in [1.165, 1.54) is 16.2 Å². The number of rotatable bonds is 5. The Morgan fingerprint density at radius 1 is 1.08 bits per heavy atom. The van der Waals surface area contributed by atoms with Crippen molar-refractivity contribution >= 4 is 55.7 Å². The normalized spacial score (nSPS) is 18.3. The van der Waals surface area contributed by atoms with Crippen molar-refractivity contribution in [3.63, 3.8) is 0 Å². The van der Waals surface area contributed by atoms with E-state index in [9.17, 15) is 14.7 Å². The number of hydrogen-bond donors (Lipinski definition) is 1. The molecule has 1 aromatic heterocycles. The predicted octanol–water partition coefficient (Wildman–Crippen LogP) is 5.75. The van der Waals surface area contributed by atoms with Crippen LogP contribution in [0.4, 0.5) is 5.13 Å². The van der Waals surface area contributed by atoms with E-state index in [0.29, 0.717) is 63.9 Å². The number of ketones is 1. The van der Waals surface area contributed by atoms with Gasteiger partial charge in [0.05, 0.1) is 28.4 Å². The minimum absolute atomic E-state index is 0.0525. The average Bonchev–Trinajstić information content (AvgIpc) is 3.46. The molecular weight excluding hydrogens is 528 g/mol. The number of fused-ring (bicyclic) bond motifs is 2. The summed E-state index contributed by atoms with van der Waals surface area (Å²) in [5, 5.41) is 12.3. The first-order valence-corrected chi connectivity index (χ1v) is 13.1. The van der Waals surface area contributed by atoms with Gasteiger partial charge in [0, 0.05) is 10.6 Å². The van der Waals surface area contributed by atoms with Gasteiger partial charge >= 0.3 is 5.91 Å². The molecule has 8 nitrogen and oxygen atoms in total. The van der Waals surface area contributed by atoms with E-state index in [-0.39, 0.29) is 11.3 Å². The van der Waals surface area contributed by atoms with E-state index in [1.807, 2.05) is 25.1 Å². The predicted molar refractivity (Wildman–Crippen MR) is 144 cm³/mol. The smallest absolute Gasteiger partial charge is 0.301 e. The lowest BCUT2D eigenvalue weighted by Gasteiger charge is -2.23. The van der Waals surface area contributed by atoms with Crippen LogP contribution in [0.5, 0.6) is 17.2 Å². The van der Waals surface area contributed by atoms with Crippen LogP contribution in [0.1, 0.15) is 24.1 Å².